The van der Waals surface area contributed by atoms with Crippen molar-refractivity contribution in [2.45, 2.75) is 56.9 Å². The van der Waals surface area contributed by atoms with Gasteiger partial charge in [-0.05, 0) is 42.4 Å². The molecule has 0 spiro atoms. The van der Waals surface area contributed by atoms with Gasteiger partial charge in [-0.2, -0.15) is 4.31 Å². The molecule has 0 bridgehead atoms. The van der Waals surface area contributed by atoms with Crippen molar-refractivity contribution in [2.75, 3.05) is 13.1 Å². The molecular weight excluding hydrogens is 284 g/mol. The lowest BCUT2D eigenvalue weighted by molar-refractivity contribution is 0.392. The summed E-state index contributed by atoms with van der Waals surface area (Å²) in [5, 5.41) is 0. The molecule has 1 aromatic rings. The molecular formula is C16H26N2O2S. The molecule has 4 nitrogen and oxygen atoms in total. The Kier molecular flexibility index (Phi) is 4.47. The predicted octanol–water partition coefficient (Wildman–Crippen LogP) is 2.40. The second-order valence-electron chi connectivity index (χ2n) is 6.88. The van der Waals surface area contributed by atoms with Crippen LogP contribution in [0, 0.1) is 6.92 Å². The number of sulfonamides is 1. The summed E-state index contributed by atoms with van der Waals surface area (Å²) in [6, 6.07) is 5.68. The smallest absolute Gasteiger partial charge is 0.243 e. The normalized spacial score (nSPS) is 20.9. The molecule has 118 valence electrons. The van der Waals surface area contributed by atoms with E-state index in [-0.39, 0.29) is 11.5 Å². The molecule has 2 N–H and O–H groups in total. The van der Waals surface area contributed by atoms with Crippen LogP contribution >= 0.6 is 0 Å². The fourth-order valence-corrected chi connectivity index (χ4v) is 4.79. The SMILES string of the molecule is Cc1ccc(C(C)(C)C)cc1S(=O)(=O)N1CCCC1CN. The number of hydrogen-bond donors (Lipinski definition) is 1. The Morgan fingerprint density at radius 1 is 1.33 bits per heavy atom. The number of rotatable bonds is 3. The van der Waals surface area contributed by atoms with Crippen molar-refractivity contribution in [3.8, 4) is 0 Å². The lowest BCUT2D eigenvalue weighted by atomic mass is 9.87. The number of nitrogens with two attached hydrogens (primary N) is 1. The fourth-order valence-electron chi connectivity index (χ4n) is 2.83. The van der Waals surface area contributed by atoms with E-state index in [9.17, 15) is 8.42 Å². The third-order valence-corrected chi connectivity index (χ3v) is 6.33. The van der Waals surface area contributed by atoms with Crippen molar-refractivity contribution in [3.63, 3.8) is 0 Å². The first-order chi connectivity index (χ1) is 9.67. The Bertz CT molecular complexity index is 618. The third-order valence-electron chi connectivity index (χ3n) is 4.24. The van der Waals surface area contributed by atoms with Crippen LogP contribution in [0.2, 0.25) is 0 Å². The first kappa shape index (κ1) is 16.5. The summed E-state index contributed by atoms with van der Waals surface area (Å²) < 4.78 is 27.5. The zero-order chi connectivity index (χ0) is 15.8. The third kappa shape index (κ3) is 3.15. The van der Waals surface area contributed by atoms with Crippen LogP contribution in [0.5, 0.6) is 0 Å². The summed E-state index contributed by atoms with van der Waals surface area (Å²) in [7, 11) is -3.46. The second kappa shape index (κ2) is 5.71. The lowest BCUT2D eigenvalue weighted by Crippen LogP contribution is -2.40. The van der Waals surface area contributed by atoms with E-state index in [2.05, 4.69) is 20.8 Å². The quantitative estimate of drug-likeness (QED) is 0.932. The van der Waals surface area contributed by atoms with Crippen LogP contribution in [0.3, 0.4) is 0 Å². The van der Waals surface area contributed by atoms with Gasteiger partial charge in [0.05, 0.1) is 4.90 Å². The maximum absolute atomic E-state index is 13.0. The van der Waals surface area contributed by atoms with Crippen molar-refractivity contribution in [1.29, 1.82) is 0 Å². The first-order valence-electron chi connectivity index (χ1n) is 7.51. The predicted molar refractivity (Wildman–Crippen MR) is 85.8 cm³/mol. The molecule has 2 rings (SSSR count). The molecule has 1 heterocycles. The summed E-state index contributed by atoms with van der Waals surface area (Å²) in [6.45, 7) is 9.08. The van der Waals surface area contributed by atoms with Gasteiger partial charge >= 0.3 is 0 Å². The Balaban J connectivity index is 2.49. The van der Waals surface area contributed by atoms with Crippen LogP contribution in [0.4, 0.5) is 0 Å². The molecule has 1 aliphatic rings. The van der Waals surface area contributed by atoms with E-state index in [0.29, 0.717) is 18.0 Å². The van der Waals surface area contributed by atoms with Gasteiger partial charge in [0.2, 0.25) is 10.0 Å². The number of hydrogen-bond acceptors (Lipinski definition) is 3. The number of nitrogens with zero attached hydrogens (tertiary/aromatic N) is 1. The molecule has 1 aliphatic heterocycles. The minimum absolute atomic E-state index is 0.0623. The molecule has 1 saturated heterocycles. The topological polar surface area (TPSA) is 63.4 Å². The zero-order valence-corrected chi connectivity index (χ0v) is 14.2. The van der Waals surface area contributed by atoms with E-state index in [1.807, 2.05) is 25.1 Å². The summed E-state index contributed by atoms with van der Waals surface area (Å²) in [5.41, 5.74) is 7.49. The van der Waals surface area contributed by atoms with E-state index < -0.39 is 10.0 Å². The minimum atomic E-state index is -3.46. The highest BCUT2D eigenvalue weighted by Gasteiger charge is 2.35. The minimum Gasteiger partial charge on any atom is -0.329 e. The van der Waals surface area contributed by atoms with Crippen molar-refractivity contribution in [3.05, 3.63) is 29.3 Å². The van der Waals surface area contributed by atoms with Crippen molar-refractivity contribution in [2.24, 2.45) is 5.73 Å². The molecule has 1 aromatic carbocycles. The van der Waals surface area contributed by atoms with Crippen LogP contribution in [0.15, 0.2) is 23.1 Å². The lowest BCUT2D eigenvalue weighted by Gasteiger charge is -2.26. The van der Waals surface area contributed by atoms with Gasteiger partial charge in [-0.1, -0.05) is 32.9 Å². The highest BCUT2D eigenvalue weighted by atomic mass is 32.2. The zero-order valence-electron chi connectivity index (χ0n) is 13.4. The van der Waals surface area contributed by atoms with Gasteiger partial charge in [0, 0.05) is 19.1 Å². The number of benzene rings is 1. The van der Waals surface area contributed by atoms with E-state index in [1.54, 1.807) is 4.31 Å². The van der Waals surface area contributed by atoms with Crippen LogP contribution < -0.4 is 5.73 Å². The Morgan fingerprint density at radius 3 is 2.57 bits per heavy atom. The van der Waals surface area contributed by atoms with Crippen LogP contribution in [-0.4, -0.2) is 31.9 Å². The molecule has 0 amide bonds. The average molecular weight is 310 g/mol. The van der Waals surface area contributed by atoms with Gasteiger partial charge in [0.25, 0.3) is 0 Å². The Labute approximate surface area is 128 Å². The summed E-state index contributed by atoms with van der Waals surface area (Å²) >= 11 is 0. The highest BCUT2D eigenvalue weighted by molar-refractivity contribution is 7.89. The molecule has 0 aliphatic carbocycles. The van der Waals surface area contributed by atoms with Gasteiger partial charge in [0.1, 0.15) is 0 Å². The van der Waals surface area contributed by atoms with Gasteiger partial charge in [-0.15, -0.1) is 0 Å². The Hall–Kier alpha value is -0.910. The molecule has 1 fully saturated rings. The fraction of sp³-hybridized carbons (Fsp3) is 0.625. The maximum atomic E-state index is 13.0. The van der Waals surface area contributed by atoms with Crippen LogP contribution in [0.1, 0.15) is 44.7 Å². The number of aryl methyl sites for hydroxylation is 1. The van der Waals surface area contributed by atoms with Gasteiger partial charge in [-0.3, -0.25) is 0 Å². The van der Waals surface area contributed by atoms with Gasteiger partial charge in [0.15, 0.2) is 0 Å². The van der Waals surface area contributed by atoms with Crippen LogP contribution in [-0.2, 0) is 15.4 Å². The summed E-state index contributed by atoms with van der Waals surface area (Å²) in [4.78, 5) is 0.426. The standard InChI is InChI=1S/C16H26N2O2S/c1-12-7-8-13(16(2,3)4)10-15(12)21(19,20)18-9-5-6-14(18)11-17/h7-8,10,14H,5-6,9,11,17H2,1-4H3. The van der Waals surface area contributed by atoms with Crippen molar-refractivity contribution in [1.82, 2.24) is 4.31 Å². The summed E-state index contributed by atoms with van der Waals surface area (Å²) in [6.07, 6.45) is 1.74. The first-order valence-corrected chi connectivity index (χ1v) is 8.95. The molecule has 0 radical (unpaired) electrons. The maximum Gasteiger partial charge on any atom is 0.243 e. The van der Waals surface area contributed by atoms with Gasteiger partial charge in [-0.25, -0.2) is 8.42 Å². The van der Waals surface area contributed by atoms with E-state index in [0.717, 1.165) is 24.0 Å². The van der Waals surface area contributed by atoms with Crippen molar-refractivity contribution < 1.29 is 8.42 Å². The molecule has 5 heteroatoms. The molecule has 0 aromatic heterocycles. The van der Waals surface area contributed by atoms with Gasteiger partial charge < -0.3 is 5.73 Å². The molecule has 1 unspecified atom stereocenters. The largest absolute Gasteiger partial charge is 0.329 e. The Morgan fingerprint density at radius 2 is 2.00 bits per heavy atom. The molecule has 21 heavy (non-hydrogen) atoms. The highest BCUT2D eigenvalue weighted by Crippen LogP contribution is 2.31. The average Bonchev–Trinajstić information content (AvgIpc) is 2.86. The van der Waals surface area contributed by atoms with E-state index in [1.165, 1.54) is 0 Å². The molecule has 0 saturated carbocycles. The van der Waals surface area contributed by atoms with E-state index >= 15 is 0 Å². The van der Waals surface area contributed by atoms with Crippen molar-refractivity contribution >= 4 is 10.0 Å². The summed E-state index contributed by atoms with van der Waals surface area (Å²) in [5.74, 6) is 0. The second-order valence-corrected chi connectivity index (χ2v) is 8.74. The molecule has 1 atom stereocenters. The monoisotopic (exact) mass is 310 g/mol. The van der Waals surface area contributed by atoms with Crippen LogP contribution in [0.25, 0.3) is 0 Å². The van der Waals surface area contributed by atoms with E-state index in [4.69, 9.17) is 5.73 Å².